The minimum absolute atomic E-state index is 0.468. The van der Waals surface area contributed by atoms with Crippen LogP contribution in [0.15, 0.2) is 36.5 Å². The fourth-order valence-corrected chi connectivity index (χ4v) is 4.58. The first-order valence-electron chi connectivity index (χ1n) is 10.1. The maximum Gasteiger partial charge on any atom is 0.133 e. The molecule has 0 spiro atoms. The topological polar surface area (TPSA) is 52.6 Å². The smallest absolute Gasteiger partial charge is 0.133 e. The van der Waals surface area contributed by atoms with Crippen molar-refractivity contribution in [2.45, 2.75) is 12.8 Å². The van der Waals surface area contributed by atoms with Crippen molar-refractivity contribution in [3.63, 3.8) is 0 Å². The largest absolute Gasteiger partial charge is 0.373 e. The van der Waals surface area contributed by atoms with E-state index in [0.717, 1.165) is 60.1 Å². The van der Waals surface area contributed by atoms with Crippen LogP contribution < -0.4 is 9.80 Å². The van der Waals surface area contributed by atoms with Crippen molar-refractivity contribution in [2.75, 3.05) is 56.6 Å². The highest BCUT2D eigenvalue weighted by Gasteiger charge is 2.14. The Labute approximate surface area is 175 Å². The standard InChI is InChI=1S/C22H27N5OS/c1-25(13-14-28)11-12-26(2)18-6-7-19-20(15-18)29-22(24-19)17-5-8-21(23-16-17)27-9-3-4-10-27/h5-8,14-16H,3-4,9-13H2,1-2H3. The molecule has 7 heteroatoms. The number of hydrogen-bond acceptors (Lipinski definition) is 7. The van der Waals surface area contributed by atoms with Crippen molar-refractivity contribution < 1.29 is 4.79 Å². The molecule has 3 heterocycles. The number of thiazole rings is 1. The molecule has 0 bridgehead atoms. The summed E-state index contributed by atoms with van der Waals surface area (Å²) in [5.74, 6) is 1.07. The molecule has 3 aromatic rings. The molecular formula is C22H27N5OS. The first kappa shape index (κ1) is 19.8. The third-order valence-corrected chi connectivity index (χ3v) is 6.51. The van der Waals surface area contributed by atoms with Crippen molar-refractivity contribution in [1.82, 2.24) is 14.9 Å². The number of anilines is 2. The van der Waals surface area contributed by atoms with Gasteiger partial charge in [0.2, 0.25) is 0 Å². The number of carbonyl (C=O) groups is 1. The van der Waals surface area contributed by atoms with Gasteiger partial charge in [0.1, 0.15) is 17.1 Å². The Morgan fingerprint density at radius 1 is 1.14 bits per heavy atom. The summed E-state index contributed by atoms with van der Waals surface area (Å²) < 4.78 is 1.18. The van der Waals surface area contributed by atoms with Crippen molar-refractivity contribution in [1.29, 1.82) is 0 Å². The summed E-state index contributed by atoms with van der Waals surface area (Å²) >= 11 is 1.70. The quantitative estimate of drug-likeness (QED) is 0.531. The van der Waals surface area contributed by atoms with Crippen LogP contribution in [-0.2, 0) is 4.79 Å². The van der Waals surface area contributed by atoms with Crippen LogP contribution in [0.5, 0.6) is 0 Å². The molecule has 0 radical (unpaired) electrons. The van der Waals surface area contributed by atoms with Crippen molar-refractivity contribution in [3.05, 3.63) is 36.5 Å². The van der Waals surface area contributed by atoms with Gasteiger partial charge in [-0.15, -0.1) is 11.3 Å². The fourth-order valence-electron chi connectivity index (χ4n) is 3.59. The third-order valence-electron chi connectivity index (χ3n) is 5.44. The van der Waals surface area contributed by atoms with Crippen LogP contribution in [0.1, 0.15) is 12.8 Å². The molecule has 0 atom stereocenters. The third kappa shape index (κ3) is 4.57. The number of carbonyl (C=O) groups excluding carboxylic acids is 1. The van der Waals surface area contributed by atoms with E-state index in [2.05, 4.69) is 52.2 Å². The zero-order chi connectivity index (χ0) is 20.2. The number of aldehydes is 1. The molecule has 152 valence electrons. The van der Waals surface area contributed by atoms with E-state index in [-0.39, 0.29) is 0 Å². The Kier molecular flexibility index (Phi) is 6.06. The van der Waals surface area contributed by atoms with E-state index in [4.69, 9.17) is 4.98 Å². The van der Waals surface area contributed by atoms with Gasteiger partial charge < -0.3 is 14.6 Å². The SMILES string of the molecule is CN(CC=O)CCN(C)c1ccc2nc(-c3ccc(N4CCCC4)nc3)sc2c1. The molecule has 29 heavy (non-hydrogen) atoms. The summed E-state index contributed by atoms with van der Waals surface area (Å²) in [6, 6.07) is 10.6. The highest BCUT2D eigenvalue weighted by molar-refractivity contribution is 7.21. The molecule has 1 saturated heterocycles. The van der Waals surface area contributed by atoms with Crippen molar-refractivity contribution in [2.24, 2.45) is 0 Å². The summed E-state index contributed by atoms with van der Waals surface area (Å²) in [5.41, 5.74) is 3.25. The van der Waals surface area contributed by atoms with E-state index in [1.807, 2.05) is 18.1 Å². The maximum absolute atomic E-state index is 10.6. The normalized spacial score (nSPS) is 14.1. The van der Waals surface area contributed by atoms with Gasteiger partial charge in [-0.05, 0) is 50.2 Å². The minimum Gasteiger partial charge on any atom is -0.373 e. The van der Waals surface area contributed by atoms with Crippen LogP contribution in [0.25, 0.3) is 20.8 Å². The Balaban J connectivity index is 1.48. The zero-order valence-electron chi connectivity index (χ0n) is 17.0. The second-order valence-electron chi connectivity index (χ2n) is 7.62. The van der Waals surface area contributed by atoms with Gasteiger partial charge in [-0.2, -0.15) is 0 Å². The van der Waals surface area contributed by atoms with E-state index in [1.54, 1.807) is 11.3 Å². The van der Waals surface area contributed by atoms with Crippen LogP contribution in [0, 0.1) is 0 Å². The second kappa shape index (κ2) is 8.88. The Hall–Kier alpha value is -2.51. The highest BCUT2D eigenvalue weighted by atomic mass is 32.1. The first-order chi connectivity index (χ1) is 14.1. The molecular weight excluding hydrogens is 382 g/mol. The van der Waals surface area contributed by atoms with Gasteiger partial charge in [0, 0.05) is 50.7 Å². The van der Waals surface area contributed by atoms with Gasteiger partial charge in [-0.1, -0.05) is 0 Å². The maximum atomic E-state index is 10.6. The van der Waals surface area contributed by atoms with Crippen LogP contribution >= 0.6 is 11.3 Å². The number of pyridine rings is 1. The molecule has 0 N–H and O–H groups in total. The number of rotatable bonds is 8. The molecule has 0 saturated carbocycles. The summed E-state index contributed by atoms with van der Waals surface area (Å²) in [7, 11) is 4.04. The van der Waals surface area contributed by atoms with E-state index in [9.17, 15) is 4.79 Å². The number of likely N-dealkylation sites (N-methyl/N-ethyl adjacent to an activating group) is 2. The van der Waals surface area contributed by atoms with Gasteiger partial charge in [-0.25, -0.2) is 9.97 Å². The lowest BCUT2D eigenvalue weighted by molar-refractivity contribution is -0.108. The summed E-state index contributed by atoms with van der Waals surface area (Å²) in [6.07, 6.45) is 5.40. The molecule has 0 amide bonds. The number of nitrogens with zero attached hydrogens (tertiary/aromatic N) is 5. The van der Waals surface area contributed by atoms with E-state index in [0.29, 0.717) is 6.54 Å². The number of hydrogen-bond donors (Lipinski definition) is 0. The van der Waals surface area contributed by atoms with Gasteiger partial charge >= 0.3 is 0 Å². The Bertz CT molecular complexity index is 965. The fraction of sp³-hybridized carbons (Fsp3) is 0.409. The average molecular weight is 410 g/mol. The zero-order valence-corrected chi connectivity index (χ0v) is 17.9. The number of benzene rings is 1. The molecule has 1 aliphatic rings. The first-order valence-corrected chi connectivity index (χ1v) is 10.9. The Morgan fingerprint density at radius 2 is 1.97 bits per heavy atom. The molecule has 4 rings (SSSR count). The van der Waals surface area contributed by atoms with Gasteiger partial charge in [0.05, 0.1) is 16.8 Å². The molecule has 1 aliphatic heterocycles. The molecule has 0 aliphatic carbocycles. The predicted octanol–water partition coefficient (Wildman–Crippen LogP) is 3.53. The van der Waals surface area contributed by atoms with Crippen molar-refractivity contribution >= 4 is 39.3 Å². The minimum atomic E-state index is 0.468. The monoisotopic (exact) mass is 409 g/mol. The van der Waals surface area contributed by atoms with Gasteiger partial charge in [-0.3, -0.25) is 4.90 Å². The van der Waals surface area contributed by atoms with Gasteiger partial charge in [0.15, 0.2) is 0 Å². The summed E-state index contributed by atoms with van der Waals surface area (Å²) in [4.78, 5) is 26.7. The molecule has 2 aromatic heterocycles. The average Bonchev–Trinajstić information content (AvgIpc) is 3.41. The molecule has 1 fully saturated rings. The summed E-state index contributed by atoms with van der Waals surface area (Å²) in [6.45, 7) is 4.39. The van der Waals surface area contributed by atoms with Crippen molar-refractivity contribution in [3.8, 4) is 10.6 Å². The van der Waals surface area contributed by atoms with Crippen LogP contribution in [0.3, 0.4) is 0 Å². The molecule has 6 nitrogen and oxygen atoms in total. The van der Waals surface area contributed by atoms with E-state index >= 15 is 0 Å². The predicted molar refractivity (Wildman–Crippen MR) is 121 cm³/mol. The lowest BCUT2D eigenvalue weighted by Gasteiger charge is -2.22. The summed E-state index contributed by atoms with van der Waals surface area (Å²) in [5, 5.41) is 1.01. The second-order valence-corrected chi connectivity index (χ2v) is 8.65. The number of aromatic nitrogens is 2. The van der Waals surface area contributed by atoms with E-state index in [1.165, 1.54) is 17.5 Å². The van der Waals surface area contributed by atoms with Crippen LogP contribution in [0.4, 0.5) is 11.5 Å². The lowest BCUT2D eigenvalue weighted by atomic mass is 10.2. The van der Waals surface area contributed by atoms with Crippen LogP contribution in [-0.4, -0.2) is 68.0 Å². The highest BCUT2D eigenvalue weighted by Crippen LogP contribution is 2.33. The number of fused-ring (bicyclic) bond motifs is 1. The van der Waals surface area contributed by atoms with Gasteiger partial charge in [0.25, 0.3) is 0 Å². The lowest BCUT2D eigenvalue weighted by Crippen LogP contribution is -2.31. The van der Waals surface area contributed by atoms with Crippen LogP contribution in [0.2, 0.25) is 0 Å². The molecule has 1 aromatic carbocycles. The molecule has 0 unspecified atom stereocenters. The van der Waals surface area contributed by atoms with E-state index < -0.39 is 0 Å². The Morgan fingerprint density at radius 3 is 2.69 bits per heavy atom.